The summed E-state index contributed by atoms with van der Waals surface area (Å²) in [5.74, 6) is 1.22. The molecule has 1 heterocycles. The van der Waals surface area contributed by atoms with Crippen molar-refractivity contribution in [1.29, 1.82) is 0 Å². The topological polar surface area (TPSA) is 91.3 Å². The number of aromatic nitrogens is 2. The minimum Gasteiger partial charge on any atom is -0.477 e. The molecule has 0 aliphatic carbocycles. The molecule has 0 fully saturated rings. The van der Waals surface area contributed by atoms with Crippen molar-refractivity contribution in [3.05, 3.63) is 45.6 Å². The van der Waals surface area contributed by atoms with Gasteiger partial charge in [0.1, 0.15) is 0 Å². The quantitative estimate of drug-likeness (QED) is 0.616. The van der Waals surface area contributed by atoms with Crippen molar-refractivity contribution in [3.8, 4) is 5.75 Å². The molecule has 2 aromatic rings. The number of nitrogens with zero attached hydrogens (tertiary/aromatic N) is 3. The first-order valence-corrected chi connectivity index (χ1v) is 6.17. The molecule has 1 aromatic carbocycles. The summed E-state index contributed by atoms with van der Waals surface area (Å²) in [6.45, 7) is 5.67. The first-order chi connectivity index (χ1) is 9.47. The van der Waals surface area contributed by atoms with Gasteiger partial charge in [0.05, 0.1) is 4.92 Å². The second kappa shape index (κ2) is 5.68. The lowest BCUT2D eigenvalue weighted by Crippen LogP contribution is -2.00. The Morgan fingerprint density at radius 2 is 2.20 bits per heavy atom. The van der Waals surface area contributed by atoms with Gasteiger partial charge >= 0.3 is 5.69 Å². The molecule has 20 heavy (non-hydrogen) atoms. The Bertz CT molecular complexity index is 622. The highest BCUT2D eigenvalue weighted by atomic mass is 16.6. The molecule has 0 saturated heterocycles. The molecule has 0 spiro atoms. The van der Waals surface area contributed by atoms with Crippen molar-refractivity contribution in [3.63, 3.8) is 0 Å². The second-order valence-corrected chi connectivity index (χ2v) is 4.72. The molecule has 0 unspecified atom stereocenters. The van der Waals surface area contributed by atoms with Crippen LogP contribution in [-0.2, 0) is 6.61 Å². The van der Waals surface area contributed by atoms with Crippen molar-refractivity contribution in [2.75, 3.05) is 0 Å². The van der Waals surface area contributed by atoms with Crippen molar-refractivity contribution >= 4 is 5.69 Å². The van der Waals surface area contributed by atoms with Crippen molar-refractivity contribution in [2.24, 2.45) is 0 Å². The Labute approximate surface area is 115 Å². The van der Waals surface area contributed by atoms with Gasteiger partial charge in [-0.3, -0.25) is 10.1 Å². The molecular formula is C13H15N3O4. The first kappa shape index (κ1) is 14.0. The Morgan fingerprint density at radius 1 is 1.45 bits per heavy atom. The van der Waals surface area contributed by atoms with Crippen molar-refractivity contribution < 1.29 is 14.2 Å². The summed E-state index contributed by atoms with van der Waals surface area (Å²) >= 11 is 0. The normalized spacial score (nSPS) is 10.8. The molecule has 0 N–H and O–H groups in total. The molecule has 2 rings (SSSR count). The molecule has 0 aliphatic heterocycles. The summed E-state index contributed by atoms with van der Waals surface area (Å²) in [5.41, 5.74) is 0.720. The number of hydrogen-bond donors (Lipinski definition) is 0. The Balaban J connectivity index is 2.12. The van der Waals surface area contributed by atoms with Crippen LogP contribution < -0.4 is 4.74 Å². The van der Waals surface area contributed by atoms with Gasteiger partial charge in [-0.1, -0.05) is 25.1 Å². The molecule has 0 amide bonds. The molecule has 0 radical (unpaired) electrons. The van der Waals surface area contributed by atoms with E-state index in [1.54, 1.807) is 19.1 Å². The number of aryl methyl sites for hydroxylation is 1. The first-order valence-electron chi connectivity index (χ1n) is 6.17. The number of ether oxygens (including phenoxy) is 1. The van der Waals surface area contributed by atoms with Crippen LogP contribution in [0.3, 0.4) is 0 Å². The van der Waals surface area contributed by atoms with Crippen molar-refractivity contribution in [2.45, 2.75) is 33.3 Å². The number of nitro groups is 1. The van der Waals surface area contributed by atoms with Crippen molar-refractivity contribution in [1.82, 2.24) is 10.1 Å². The molecule has 0 bridgehead atoms. The maximum Gasteiger partial charge on any atom is 0.311 e. The van der Waals surface area contributed by atoms with E-state index in [1.807, 2.05) is 13.8 Å². The number of benzene rings is 1. The summed E-state index contributed by atoms with van der Waals surface area (Å²) < 4.78 is 10.4. The Morgan fingerprint density at radius 3 is 2.80 bits per heavy atom. The fourth-order valence-corrected chi connectivity index (χ4v) is 1.59. The van der Waals surface area contributed by atoms with Gasteiger partial charge in [0.2, 0.25) is 0 Å². The van der Waals surface area contributed by atoms with Crippen LogP contribution in [0.2, 0.25) is 0 Å². The van der Waals surface area contributed by atoms with Gasteiger partial charge in [-0.15, -0.1) is 0 Å². The fourth-order valence-electron chi connectivity index (χ4n) is 1.59. The molecule has 0 atom stereocenters. The average molecular weight is 277 g/mol. The third-order valence-corrected chi connectivity index (χ3v) is 2.66. The van der Waals surface area contributed by atoms with Crippen LogP contribution in [-0.4, -0.2) is 15.1 Å². The summed E-state index contributed by atoms with van der Waals surface area (Å²) in [6.07, 6.45) is 0. The number of nitro benzene ring substituents is 1. The lowest BCUT2D eigenvalue weighted by molar-refractivity contribution is -0.386. The maximum absolute atomic E-state index is 11.0. The summed E-state index contributed by atoms with van der Waals surface area (Å²) in [7, 11) is 0. The van der Waals surface area contributed by atoms with Gasteiger partial charge in [-0.05, 0) is 18.6 Å². The summed E-state index contributed by atoms with van der Waals surface area (Å²) in [4.78, 5) is 14.6. The molecule has 0 aliphatic rings. The zero-order chi connectivity index (χ0) is 14.7. The van der Waals surface area contributed by atoms with Gasteiger partial charge in [-0.25, -0.2) is 0 Å². The van der Waals surface area contributed by atoms with Crippen LogP contribution in [0.25, 0.3) is 0 Å². The highest BCUT2D eigenvalue weighted by Crippen LogP contribution is 2.28. The van der Waals surface area contributed by atoms with Crippen LogP contribution in [0.15, 0.2) is 22.7 Å². The van der Waals surface area contributed by atoms with E-state index in [-0.39, 0.29) is 24.0 Å². The molecule has 7 heteroatoms. The largest absolute Gasteiger partial charge is 0.477 e. The Kier molecular flexibility index (Phi) is 3.97. The monoisotopic (exact) mass is 277 g/mol. The standard InChI is InChI=1S/C13H15N3O4/c1-8(2)13-14-12(20-15-13)7-19-11-5-4-9(3)6-10(11)16(17)18/h4-6,8H,7H2,1-3H3. The van der Waals surface area contributed by atoms with E-state index in [9.17, 15) is 10.1 Å². The van der Waals surface area contributed by atoms with E-state index in [0.717, 1.165) is 5.56 Å². The summed E-state index contributed by atoms with van der Waals surface area (Å²) in [6, 6.07) is 4.77. The van der Waals surface area contributed by atoms with Crippen LogP contribution in [0, 0.1) is 17.0 Å². The van der Waals surface area contributed by atoms with Gasteiger partial charge in [0.15, 0.2) is 18.2 Å². The third kappa shape index (κ3) is 3.11. The molecule has 0 saturated carbocycles. The maximum atomic E-state index is 11.0. The van der Waals surface area contributed by atoms with Crippen LogP contribution >= 0.6 is 0 Å². The van der Waals surface area contributed by atoms with E-state index in [2.05, 4.69) is 10.1 Å². The predicted octanol–water partition coefficient (Wildman–Crippen LogP) is 2.99. The molecular weight excluding hydrogens is 262 g/mol. The fraction of sp³-hybridized carbons (Fsp3) is 0.385. The zero-order valence-corrected chi connectivity index (χ0v) is 11.5. The minimum absolute atomic E-state index is 0.00359. The molecule has 7 nitrogen and oxygen atoms in total. The predicted molar refractivity (Wildman–Crippen MR) is 70.6 cm³/mol. The number of hydrogen-bond acceptors (Lipinski definition) is 6. The number of rotatable bonds is 5. The van der Waals surface area contributed by atoms with Gasteiger partial charge in [-0.2, -0.15) is 4.98 Å². The van der Waals surface area contributed by atoms with Gasteiger partial charge in [0, 0.05) is 12.0 Å². The highest BCUT2D eigenvalue weighted by molar-refractivity contribution is 5.48. The Hall–Kier alpha value is -2.44. The van der Waals surface area contributed by atoms with Crippen LogP contribution in [0.4, 0.5) is 5.69 Å². The van der Waals surface area contributed by atoms with E-state index in [1.165, 1.54) is 6.07 Å². The highest BCUT2D eigenvalue weighted by Gasteiger charge is 2.17. The molecule has 106 valence electrons. The second-order valence-electron chi connectivity index (χ2n) is 4.72. The molecule has 1 aromatic heterocycles. The average Bonchev–Trinajstić information content (AvgIpc) is 2.86. The smallest absolute Gasteiger partial charge is 0.311 e. The third-order valence-electron chi connectivity index (χ3n) is 2.66. The van der Waals surface area contributed by atoms with E-state index in [0.29, 0.717) is 11.7 Å². The lowest BCUT2D eigenvalue weighted by Gasteiger charge is -2.04. The van der Waals surface area contributed by atoms with Gasteiger partial charge < -0.3 is 9.26 Å². The van der Waals surface area contributed by atoms with Crippen LogP contribution in [0.1, 0.15) is 37.0 Å². The zero-order valence-electron chi connectivity index (χ0n) is 11.5. The van der Waals surface area contributed by atoms with E-state index < -0.39 is 4.92 Å². The van der Waals surface area contributed by atoms with Gasteiger partial charge in [0.25, 0.3) is 5.89 Å². The van der Waals surface area contributed by atoms with E-state index in [4.69, 9.17) is 9.26 Å². The SMILES string of the molecule is Cc1ccc(OCc2nc(C(C)C)no2)c([N+](=O)[O-])c1. The van der Waals surface area contributed by atoms with Crippen LogP contribution in [0.5, 0.6) is 5.75 Å². The minimum atomic E-state index is -0.476. The summed E-state index contributed by atoms with van der Waals surface area (Å²) in [5, 5.41) is 14.8. The van der Waals surface area contributed by atoms with E-state index >= 15 is 0 Å². The lowest BCUT2D eigenvalue weighted by atomic mass is 10.2.